The third-order valence-corrected chi connectivity index (χ3v) is 21.9. The summed E-state index contributed by atoms with van der Waals surface area (Å²) in [4.78, 5) is 43.5. The first kappa shape index (κ1) is 63.6. The van der Waals surface area contributed by atoms with Crippen molar-refractivity contribution in [2.45, 2.75) is 48.7 Å². The molecule has 6 heterocycles. The van der Waals surface area contributed by atoms with Gasteiger partial charge in [0, 0.05) is 43.9 Å². The summed E-state index contributed by atoms with van der Waals surface area (Å²) >= 11 is 0. The van der Waals surface area contributed by atoms with Gasteiger partial charge in [-0.05, 0) is 66.7 Å². The number of nitrogens with zero attached hydrogens (tertiary/aromatic N) is 6. The average molecular weight is 1200 g/mol. The van der Waals surface area contributed by atoms with Gasteiger partial charge in [-0.2, -0.15) is 8.61 Å². The van der Waals surface area contributed by atoms with E-state index < -0.39 is 40.2 Å². The van der Waals surface area contributed by atoms with E-state index in [9.17, 15) is 31.5 Å². The van der Waals surface area contributed by atoms with Gasteiger partial charge in [-0.15, -0.1) is 0 Å². The molecule has 27 heteroatoms. The molecule has 0 spiro atoms. The number of nitrogens with two attached hydrogens (primary N) is 2. The third kappa shape index (κ3) is 17.3. The Hall–Kier alpha value is -7.02. The fraction of sp³-hybridized carbons (Fsp3) is 0.393. The van der Waals surface area contributed by atoms with Crippen LogP contribution in [-0.4, -0.2) is 176 Å². The van der Waals surface area contributed by atoms with Gasteiger partial charge in [0.05, 0.1) is 104 Å². The smallest absolute Gasteiger partial charge is 0.278 e. The number of anilines is 4. The van der Waals surface area contributed by atoms with Gasteiger partial charge < -0.3 is 60.1 Å². The van der Waals surface area contributed by atoms with Crippen molar-refractivity contribution in [3.05, 3.63) is 121 Å². The summed E-state index contributed by atoms with van der Waals surface area (Å²) in [7, 11) is -9.86. The number of nitrogens with one attached hydrogen (secondary N) is 2. The maximum Gasteiger partial charge on any atom is 0.278 e. The molecular weight excluding hydrogens is 1130 g/mol. The van der Waals surface area contributed by atoms with Crippen LogP contribution >= 0.6 is 0 Å². The van der Waals surface area contributed by atoms with Gasteiger partial charge in [-0.1, -0.05) is 69.3 Å². The molecule has 0 fully saturated rings. The fourth-order valence-corrected chi connectivity index (χ4v) is 11.7. The van der Waals surface area contributed by atoms with E-state index in [0.717, 1.165) is 4.31 Å². The predicted octanol–water partition coefficient (Wildman–Crippen LogP) is 5.80. The van der Waals surface area contributed by atoms with Crippen molar-refractivity contribution in [2.75, 3.05) is 128 Å². The standard InChI is InChI=1S/C31H43N5O7SSi.C25H29N5O7S/c1-31(2,3)45(4,5)43-17-15-36-14-16-40-18-19-41-20-21-42-27-9-7-6-8-25(27)35-30(37)28-29(32)33-22-26(34-28)23-10-12-24(13-11-23)44(36,38)39;26-24-23-25(32)29-20-3-1-2-4-22(20)37-16-15-36-14-13-35-12-10-30(9-11-31)38(33,34)19-7-5-18(6-8-19)21(28-23)17-27-24/h6-13,22H,14-21H2,1-5H3,(H2,32,33)(H,35,37);1-8,17,31H,9-16H2,(H2,26,27)(H,29,32). The number of ether oxygens (including phenoxy) is 6. The lowest BCUT2D eigenvalue weighted by atomic mass is 10.1. The van der Waals surface area contributed by atoms with Crippen molar-refractivity contribution < 1.29 is 64.4 Å². The number of carbonyl (C=O) groups is 2. The Morgan fingerprint density at radius 2 is 0.964 bits per heavy atom. The van der Waals surface area contributed by atoms with E-state index >= 15 is 0 Å². The SMILES string of the molecule is CC(C)(C)[Si](C)(C)OCCN1CCOCCOCCOc2ccccc2NC(=O)c2nc(cnc2N)-c2ccc(cc2)S1(=O)=O.Nc1ncc2nc1C(=O)Nc1ccccc1OCCOCCOCCN(CCO)S(=O)(=O)c1ccc-2cc1. The molecule has 6 aromatic rings. The van der Waals surface area contributed by atoms with E-state index in [0.29, 0.717) is 52.0 Å². The highest BCUT2D eigenvalue weighted by Gasteiger charge is 2.37. The minimum atomic E-state index is -3.89. The van der Waals surface area contributed by atoms with Crippen LogP contribution in [0.5, 0.6) is 11.5 Å². The highest BCUT2D eigenvalue weighted by atomic mass is 32.2. The van der Waals surface area contributed by atoms with Crippen molar-refractivity contribution >= 4 is 63.2 Å². The molecule has 4 aliphatic heterocycles. The molecule has 7 N–H and O–H groups in total. The second kappa shape index (κ2) is 29.5. The van der Waals surface area contributed by atoms with E-state index in [1.807, 2.05) is 0 Å². The lowest BCUT2D eigenvalue weighted by molar-refractivity contribution is 0.0334. The van der Waals surface area contributed by atoms with Crippen LogP contribution < -0.4 is 31.6 Å². The minimum absolute atomic E-state index is 0.00573. The number of benzene rings is 4. The van der Waals surface area contributed by atoms with Crippen molar-refractivity contribution in [3.8, 4) is 34.0 Å². The van der Waals surface area contributed by atoms with Crippen LogP contribution in [0.15, 0.2) is 119 Å². The van der Waals surface area contributed by atoms with Gasteiger partial charge >= 0.3 is 0 Å². The fourth-order valence-electron chi connectivity index (χ4n) is 7.89. The normalized spacial score (nSPS) is 17.3. The van der Waals surface area contributed by atoms with E-state index in [1.165, 1.54) is 41.0 Å². The van der Waals surface area contributed by atoms with Gasteiger partial charge in [-0.3, -0.25) is 9.59 Å². The summed E-state index contributed by atoms with van der Waals surface area (Å²) in [6.45, 7) is 13.4. The third-order valence-electron chi connectivity index (χ3n) is 13.5. The number of aliphatic hydroxyl groups excluding tert-OH is 1. The lowest BCUT2D eigenvalue weighted by Gasteiger charge is -2.36. The number of carbonyl (C=O) groups excluding carboxylic acids is 2. The Morgan fingerprint density at radius 3 is 1.37 bits per heavy atom. The summed E-state index contributed by atoms with van der Waals surface area (Å²) < 4.78 is 96.8. The van der Waals surface area contributed by atoms with Crippen molar-refractivity contribution in [2.24, 2.45) is 0 Å². The summed E-state index contributed by atoms with van der Waals surface area (Å²) in [5, 5.41) is 14.9. The minimum Gasteiger partial charge on any atom is -0.489 e. The van der Waals surface area contributed by atoms with Gasteiger partial charge in [0.2, 0.25) is 20.0 Å². The Labute approximate surface area is 485 Å². The molecule has 10 rings (SSSR count). The molecule has 0 aliphatic carbocycles. The second-order valence-electron chi connectivity index (χ2n) is 20.2. The number of aromatic nitrogens is 4. The maximum atomic E-state index is 13.8. The van der Waals surface area contributed by atoms with Gasteiger partial charge in [-0.25, -0.2) is 36.8 Å². The number of amides is 2. The summed E-state index contributed by atoms with van der Waals surface area (Å²) in [6.07, 6.45) is 2.84. The predicted molar refractivity (Wildman–Crippen MR) is 315 cm³/mol. The Balaban J connectivity index is 0.000000242. The van der Waals surface area contributed by atoms with Crippen molar-refractivity contribution in [1.82, 2.24) is 28.5 Å². The van der Waals surface area contributed by atoms with Crippen LogP contribution in [-0.2, 0) is 43.4 Å². The lowest BCUT2D eigenvalue weighted by Crippen LogP contribution is -2.44. The highest BCUT2D eigenvalue weighted by Crippen LogP contribution is 2.37. The van der Waals surface area contributed by atoms with Crippen molar-refractivity contribution in [1.29, 1.82) is 0 Å². The average Bonchev–Trinajstić information content (AvgIpc) is 3.47. The molecule has 4 aliphatic rings. The van der Waals surface area contributed by atoms with Crippen LogP contribution in [0.25, 0.3) is 22.5 Å². The van der Waals surface area contributed by atoms with Gasteiger partial charge in [0.1, 0.15) is 24.7 Å². The number of aliphatic hydroxyl groups is 1. The molecule has 0 saturated carbocycles. The Kier molecular flexibility index (Phi) is 22.6. The van der Waals surface area contributed by atoms with Crippen LogP contribution in [0.1, 0.15) is 41.7 Å². The first-order valence-corrected chi connectivity index (χ1v) is 32.6. The van der Waals surface area contributed by atoms with E-state index in [2.05, 4.69) is 64.4 Å². The molecule has 83 heavy (non-hydrogen) atoms. The molecular formula is C56H72N10O14S2Si. The topological polar surface area (TPSA) is 321 Å². The number of sulfonamides is 2. The van der Waals surface area contributed by atoms with E-state index in [1.54, 1.807) is 72.8 Å². The quantitative estimate of drug-likeness (QED) is 0.0971. The summed E-state index contributed by atoms with van der Waals surface area (Å²) in [5.41, 5.74) is 14.5. The van der Waals surface area contributed by atoms with Crippen LogP contribution in [0, 0.1) is 0 Å². The number of para-hydroxylation sites is 4. The molecule has 2 aromatic heterocycles. The Bertz CT molecular complexity index is 3360. The zero-order chi connectivity index (χ0) is 59.6. The molecule has 0 radical (unpaired) electrons. The second-order valence-corrected chi connectivity index (χ2v) is 28.9. The molecule has 24 nitrogen and oxygen atoms in total. The zero-order valence-electron chi connectivity index (χ0n) is 47.1. The van der Waals surface area contributed by atoms with Crippen LogP contribution in [0.4, 0.5) is 23.0 Å². The first-order valence-electron chi connectivity index (χ1n) is 26.8. The van der Waals surface area contributed by atoms with E-state index in [-0.39, 0.29) is 137 Å². The number of hydrogen-bond acceptors (Lipinski definition) is 20. The molecule has 2 amide bonds. The van der Waals surface area contributed by atoms with Crippen molar-refractivity contribution in [3.63, 3.8) is 0 Å². The monoisotopic (exact) mass is 1200 g/mol. The molecule has 0 unspecified atom stereocenters. The largest absolute Gasteiger partial charge is 0.489 e. The summed E-state index contributed by atoms with van der Waals surface area (Å²) in [5.74, 6) is -0.343. The maximum absolute atomic E-state index is 13.8. The highest BCUT2D eigenvalue weighted by molar-refractivity contribution is 7.89. The molecule has 446 valence electrons. The first-order chi connectivity index (χ1) is 39.7. The molecule has 0 atom stereocenters. The zero-order valence-corrected chi connectivity index (χ0v) is 49.7. The molecule has 0 saturated heterocycles. The summed E-state index contributed by atoms with van der Waals surface area (Å²) in [6, 6.07) is 26.2. The molecule has 8 bridgehead atoms. The van der Waals surface area contributed by atoms with Crippen LogP contribution in [0.3, 0.4) is 0 Å². The number of hydrogen-bond donors (Lipinski definition) is 5. The van der Waals surface area contributed by atoms with Crippen LogP contribution in [0.2, 0.25) is 18.1 Å². The van der Waals surface area contributed by atoms with Gasteiger partial charge in [0.15, 0.2) is 31.3 Å². The Morgan fingerprint density at radius 1 is 0.578 bits per heavy atom. The van der Waals surface area contributed by atoms with E-state index in [4.69, 9.17) is 44.3 Å². The number of rotatable bonds is 6. The number of fused-ring (bicyclic) bond motifs is 26. The number of nitrogen functional groups attached to an aromatic ring is 2. The van der Waals surface area contributed by atoms with Gasteiger partial charge in [0.25, 0.3) is 11.8 Å². The molecule has 4 aromatic carbocycles.